The zero-order chi connectivity index (χ0) is 17.3. The molecule has 0 spiro atoms. The molecule has 0 heterocycles. The highest BCUT2D eigenvalue weighted by atomic mass is 19.4. The fraction of sp³-hybridized carbons (Fsp3) is 0.929. The molecule has 0 aliphatic heterocycles. The number of nitrogens with one attached hydrogen (secondary N) is 1. The Labute approximate surface area is 134 Å². The van der Waals surface area contributed by atoms with Crippen LogP contribution in [-0.2, 0) is 4.79 Å². The number of nitrogens with two attached hydrogens (primary N) is 1. The van der Waals surface area contributed by atoms with Crippen molar-refractivity contribution in [2.45, 2.75) is 56.2 Å². The van der Waals surface area contributed by atoms with E-state index in [1.54, 1.807) is 0 Å². The van der Waals surface area contributed by atoms with Crippen molar-refractivity contribution in [3.05, 3.63) is 0 Å². The summed E-state index contributed by atoms with van der Waals surface area (Å²) >= 11 is 0. The highest BCUT2D eigenvalue weighted by Gasteiger charge is 2.58. The Bertz CT molecular complexity index is 438. The van der Waals surface area contributed by atoms with Gasteiger partial charge in [0, 0.05) is 6.04 Å². The van der Waals surface area contributed by atoms with E-state index < -0.39 is 24.2 Å². The predicted molar refractivity (Wildman–Crippen MR) is 78.7 cm³/mol. The number of carboxylic acids is 1. The number of hydrogen-bond acceptors (Lipinski definition) is 4. The average Bonchev–Trinajstić information content (AvgIpc) is 2.93. The fourth-order valence-corrected chi connectivity index (χ4v) is 4.43. The molecular weight excluding hydrogens is 312 g/mol. The molecule has 0 bridgehead atoms. The summed E-state index contributed by atoms with van der Waals surface area (Å²) in [6.07, 6.45) is -1.23. The van der Waals surface area contributed by atoms with Crippen molar-refractivity contribution in [1.82, 2.24) is 5.32 Å². The summed E-state index contributed by atoms with van der Waals surface area (Å²) in [7, 11) is 1.04. The average molecular weight is 335 g/mol. The van der Waals surface area contributed by atoms with Crippen molar-refractivity contribution >= 4 is 13.5 Å². The van der Waals surface area contributed by atoms with Gasteiger partial charge in [-0.25, -0.2) is 0 Å². The molecular formula is C14H23BF3N2O3. The number of fused-ring (bicyclic) bond motifs is 1. The van der Waals surface area contributed by atoms with E-state index in [1.165, 1.54) is 0 Å². The lowest BCUT2D eigenvalue weighted by molar-refractivity contribution is -0.145. The summed E-state index contributed by atoms with van der Waals surface area (Å²) < 4.78 is 37.0. The Kier molecular flexibility index (Phi) is 5.63. The van der Waals surface area contributed by atoms with Crippen LogP contribution in [0.1, 0.15) is 32.1 Å². The van der Waals surface area contributed by atoms with Gasteiger partial charge in [0.2, 0.25) is 0 Å². The lowest BCUT2D eigenvalue weighted by atomic mass is 9.77. The minimum atomic E-state index is -4.24. The third-order valence-electron chi connectivity index (χ3n) is 5.37. The van der Waals surface area contributed by atoms with Crippen LogP contribution >= 0.6 is 0 Å². The number of aliphatic carboxylic acids is 1. The van der Waals surface area contributed by atoms with Gasteiger partial charge < -0.3 is 21.2 Å². The second-order valence-corrected chi connectivity index (χ2v) is 6.86. The Balaban J connectivity index is 2.00. The molecule has 0 aromatic rings. The van der Waals surface area contributed by atoms with E-state index in [0.29, 0.717) is 38.4 Å². The monoisotopic (exact) mass is 335 g/mol. The summed E-state index contributed by atoms with van der Waals surface area (Å²) in [6, 6.07) is -0.239. The first-order valence-electron chi connectivity index (χ1n) is 7.95. The van der Waals surface area contributed by atoms with Crippen molar-refractivity contribution in [3.8, 4) is 0 Å². The third-order valence-corrected chi connectivity index (χ3v) is 5.37. The first kappa shape index (κ1) is 18.5. The van der Waals surface area contributed by atoms with Crippen LogP contribution in [0.15, 0.2) is 0 Å². The van der Waals surface area contributed by atoms with Gasteiger partial charge in [-0.1, -0.05) is 12.7 Å². The summed E-state index contributed by atoms with van der Waals surface area (Å²) in [4.78, 5) is 11.6. The third kappa shape index (κ3) is 4.19. The maximum atomic E-state index is 12.3. The number of hydrogen-bond donors (Lipinski definition) is 4. The first-order chi connectivity index (χ1) is 10.7. The van der Waals surface area contributed by atoms with Crippen molar-refractivity contribution in [2.24, 2.45) is 23.5 Å². The Hall–Kier alpha value is -0.795. The molecule has 2 fully saturated rings. The van der Waals surface area contributed by atoms with Crippen LogP contribution in [0.25, 0.3) is 0 Å². The minimum absolute atomic E-state index is 0.0283. The molecule has 1 radical (unpaired) electrons. The minimum Gasteiger partial charge on any atom is -0.480 e. The van der Waals surface area contributed by atoms with Crippen molar-refractivity contribution in [1.29, 1.82) is 0 Å². The van der Waals surface area contributed by atoms with E-state index in [2.05, 4.69) is 5.32 Å². The van der Waals surface area contributed by atoms with Crippen LogP contribution in [0.5, 0.6) is 0 Å². The van der Waals surface area contributed by atoms with Gasteiger partial charge in [0.05, 0.1) is 6.54 Å². The second-order valence-electron chi connectivity index (χ2n) is 6.86. The summed E-state index contributed by atoms with van der Waals surface area (Å²) in [5, 5.41) is 20.8. The molecule has 2 saturated carbocycles. The summed E-state index contributed by atoms with van der Waals surface area (Å²) in [5.41, 5.74) is 4.83. The molecule has 23 heavy (non-hydrogen) atoms. The van der Waals surface area contributed by atoms with E-state index in [-0.39, 0.29) is 23.8 Å². The molecule has 0 aromatic carbocycles. The van der Waals surface area contributed by atoms with Crippen LogP contribution in [0.2, 0.25) is 6.32 Å². The molecule has 5 atom stereocenters. The highest BCUT2D eigenvalue weighted by Crippen LogP contribution is 2.53. The number of carboxylic acid groups (broad SMARTS) is 1. The lowest BCUT2D eigenvalue weighted by Gasteiger charge is -2.31. The molecule has 9 heteroatoms. The molecule has 2 rings (SSSR count). The van der Waals surface area contributed by atoms with Crippen LogP contribution in [-0.4, -0.2) is 47.9 Å². The maximum absolute atomic E-state index is 12.3. The topological polar surface area (TPSA) is 95.6 Å². The normalized spacial score (nSPS) is 36.9. The molecule has 2 aliphatic carbocycles. The predicted octanol–water partition coefficient (Wildman–Crippen LogP) is 1.15. The molecule has 0 amide bonds. The van der Waals surface area contributed by atoms with E-state index in [9.17, 15) is 23.1 Å². The van der Waals surface area contributed by atoms with Gasteiger partial charge in [0.1, 0.15) is 5.54 Å². The molecule has 0 saturated heterocycles. The number of alkyl halides is 3. The second kappa shape index (κ2) is 6.98. The largest absolute Gasteiger partial charge is 0.480 e. The molecule has 5 nitrogen and oxygen atoms in total. The summed E-state index contributed by atoms with van der Waals surface area (Å²) in [6.45, 7) is -1.02. The maximum Gasteiger partial charge on any atom is 0.401 e. The zero-order valence-corrected chi connectivity index (χ0v) is 12.9. The van der Waals surface area contributed by atoms with Gasteiger partial charge in [-0.2, -0.15) is 13.2 Å². The SMILES string of the molecule is N[C@@]1(C(=O)O)C[C@H]2C[C@H](NCC(F)(F)F)C[C@H]2[C@@H]1CCC[B]O. The van der Waals surface area contributed by atoms with Gasteiger partial charge >= 0.3 is 12.1 Å². The van der Waals surface area contributed by atoms with E-state index in [0.717, 1.165) is 7.48 Å². The van der Waals surface area contributed by atoms with Crippen LogP contribution in [0.4, 0.5) is 13.2 Å². The quantitative estimate of drug-likeness (QED) is 0.413. The Morgan fingerprint density at radius 2 is 2.09 bits per heavy atom. The van der Waals surface area contributed by atoms with Crippen LogP contribution < -0.4 is 11.1 Å². The highest BCUT2D eigenvalue weighted by molar-refractivity contribution is 6.25. The lowest BCUT2D eigenvalue weighted by Crippen LogP contribution is -2.52. The number of halogens is 3. The van der Waals surface area contributed by atoms with Crippen LogP contribution in [0, 0.1) is 17.8 Å². The van der Waals surface area contributed by atoms with E-state index in [1.807, 2.05) is 0 Å². The molecule has 0 aromatic heterocycles. The molecule has 5 N–H and O–H groups in total. The zero-order valence-electron chi connectivity index (χ0n) is 12.9. The fourth-order valence-electron chi connectivity index (χ4n) is 4.43. The summed E-state index contributed by atoms with van der Waals surface area (Å²) in [5.74, 6) is -1.22. The molecule has 2 aliphatic rings. The number of carbonyl (C=O) groups is 1. The van der Waals surface area contributed by atoms with Crippen molar-refractivity contribution < 1.29 is 28.1 Å². The van der Waals surface area contributed by atoms with Gasteiger partial charge in [-0.15, -0.1) is 0 Å². The van der Waals surface area contributed by atoms with Crippen molar-refractivity contribution in [2.75, 3.05) is 6.54 Å². The molecule has 131 valence electrons. The van der Waals surface area contributed by atoms with Gasteiger partial charge in [-0.05, 0) is 43.4 Å². The van der Waals surface area contributed by atoms with E-state index in [4.69, 9.17) is 10.8 Å². The van der Waals surface area contributed by atoms with Gasteiger partial charge in [0.15, 0.2) is 0 Å². The smallest absolute Gasteiger partial charge is 0.401 e. The first-order valence-corrected chi connectivity index (χ1v) is 7.95. The van der Waals surface area contributed by atoms with Crippen molar-refractivity contribution in [3.63, 3.8) is 0 Å². The Morgan fingerprint density at radius 3 is 2.65 bits per heavy atom. The van der Waals surface area contributed by atoms with Gasteiger partial charge in [0.25, 0.3) is 7.48 Å². The number of rotatable bonds is 7. The molecule has 0 unspecified atom stereocenters. The van der Waals surface area contributed by atoms with Crippen LogP contribution in [0.3, 0.4) is 0 Å². The van der Waals surface area contributed by atoms with E-state index >= 15 is 0 Å². The van der Waals surface area contributed by atoms with Gasteiger partial charge in [-0.3, -0.25) is 4.79 Å². The standard InChI is InChI=1S/C14H23BF3N2O3/c16-14(17,18)7-20-9-4-8-6-13(19,12(21)22)11(10(8)5-9)2-1-3-15-23/h8-11,20,23H,1-7,19H2,(H,21,22)/t8-,9+,10-,11+,13+/m1/s1. The Morgan fingerprint density at radius 1 is 1.39 bits per heavy atom.